The number of hydrogen-bond acceptors (Lipinski definition) is 2. The fourth-order valence-corrected chi connectivity index (χ4v) is 1.98. The first-order chi connectivity index (χ1) is 5.17. The van der Waals surface area contributed by atoms with Gasteiger partial charge in [0.2, 0.25) is 0 Å². The normalized spacial score (nSPS) is 24.1. The van der Waals surface area contributed by atoms with Gasteiger partial charge < -0.3 is 5.73 Å². The molecule has 1 aliphatic rings. The van der Waals surface area contributed by atoms with Crippen molar-refractivity contribution in [1.82, 2.24) is 0 Å². The minimum Gasteiger partial charge on any atom is -0.327 e. The Bertz CT molecular complexity index is 165. The van der Waals surface area contributed by atoms with E-state index in [-0.39, 0.29) is 6.54 Å². The molecular formula is C8H14FNS. The van der Waals surface area contributed by atoms with Gasteiger partial charge >= 0.3 is 0 Å². The molecule has 0 saturated carbocycles. The zero-order valence-electron chi connectivity index (χ0n) is 6.77. The van der Waals surface area contributed by atoms with Crippen molar-refractivity contribution in [1.29, 1.82) is 0 Å². The van der Waals surface area contributed by atoms with Gasteiger partial charge in [0, 0.05) is 12.3 Å². The first-order valence-corrected chi connectivity index (χ1v) is 4.98. The van der Waals surface area contributed by atoms with Crippen LogP contribution in [-0.4, -0.2) is 23.7 Å². The Morgan fingerprint density at radius 1 is 1.82 bits per heavy atom. The van der Waals surface area contributed by atoms with Gasteiger partial charge in [0.15, 0.2) is 0 Å². The van der Waals surface area contributed by atoms with E-state index in [1.54, 1.807) is 6.92 Å². The van der Waals surface area contributed by atoms with Gasteiger partial charge in [-0.15, -0.1) is 0 Å². The molecule has 0 aliphatic carbocycles. The maximum absolute atomic E-state index is 13.5. The van der Waals surface area contributed by atoms with Crippen LogP contribution in [0.15, 0.2) is 11.6 Å². The molecule has 0 radical (unpaired) electrons. The molecule has 3 heteroatoms. The maximum Gasteiger partial charge on any atom is 0.141 e. The topological polar surface area (TPSA) is 26.0 Å². The molecule has 0 saturated heterocycles. The molecule has 2 N–H and O–H groups in total. The molecule has 0 spiro atoms. The Morgan fingerprint density at radius 2 is 2.55 bits per heavy atom. The van der Waals surface area contributed by atoms with Crippen molar-refractivity contribution in [2.24, 2.45) is 5.73 Å². The molecule has 0 amide bonds. The summed E-state index contributed by atoms with van der Waals surface area (Å²) in [6.07, 6.45) is 2.83. The van der Waals surface area contributed by atoms with E-state index in [0.29, 0.717) is 0 Å². The second kappa shape index (κ2) is 3.59. The summed E-state index contributed by atoms with van der Waals surface area (Å²) < 4.78 is 13.5. The third kappa shape index (κ3) is 2.20. The van der Waals surface area contributed by atoms with E-state index >= 15 is 0 Å². The highest BCUT2D eigenvalue weighted by Crippen LogP contribution is 2.28. The zero-order chi connectivity index (χ0) is 8.32. The summed E-state index contributed by atoms with van der Waals surface area (Å²) in [7, 11) is 0. The highest BCUT2D eigenvalue weighted by atomic mass is 32.2. The molecule has 1 rings (SSSR count). The van der Waals surface area contributed by atoms with E-state index in [1.165, 1.54) is 0 Å². The molecule has 0 aromatic rings. The van der Waals surface area contributed by atoms with E-state index in [0.717, 1.165) is 23.5 Å². The maximum atomic E-state index is 13.5. The zero-order valence-corrected chi connectivity index (χ0v) is 7.59. The largest absolute Gasteiger partial charge is 0.327 e. The molecule has 0 aromatic heterocycles. The lowest BCUT2D eigenvalue weighted by Crippen LogP contribution is -2.32. The Kier molecular flexibility index (Phi) is 2.96. The van der Waals surface area contributed by atoms with Gasteiger partial charge in [0.05, 0.1) is 0 Å². The van der Waals surface area contributed by atoms with Crippen LogP contribution in [0.5, 0.6) is 0 Å². The third-order valence-electron chi connectivity index (χ3n) is 2.02. The van der Waals surface area contributed by atoms with Crippen LogP contribution >= 0.6 is 11.8 Å². The van der Waals surface area contributed by atoms with Crippen molar-refractivity contribution < 1.29 is 4.39 Å². The smallest absolute Gasteiger partial charge is 0.141 e. The quantitative estimate of drug-likeness (QED) is 0.647. The molecule has 1 atom stereocenters. The average molecular weight is 175 g/mol. The number of rotatable bonds is 2. The van der Waals surface area contributed by atoms with Gasteiger partial charge in [-0.1, -0.05) is 6.08 Å². The number of alkyl halides is 1. The van der Waals surface area contributed by atoms with Crippen LogP contribution < -0.4 is 5.73 Å². The Balaban J connectivity index is 2.64. The average Bonchev–Trinajstić information content (AvgIpc) is 2.06. The minimum atomic E-state index is -1.26. The molecule has 1 aliphatic heterocycles. The first-order valence-electron chi connectivity index (χ1n) is 3.83. The second-order valence-corrected chi connectivity index (χ2v) is 4.11. The second-order valence-electron chi connectivity index (χ2n) is 2.96. The molecule has 1 unspecified atom stereocenters. The van der Waals surface area contributed by atoms with Gasteiger partial charge in [-0.05, 0) is 24.7 Å². The van der Waals surface area contributed by atoms with Crippen LogP contribution in [0.4, 0.5) is 4.39 Å². The SMILES string of the molecule is CC(F)(CN)C1=CCSCC1. The Hall–Kier alpha value is -0.0200. The summed E-state index contributed by atoms with van der Waals surface area (Å²) in [5.41, 5.74) is 4.94. The van der Waals surface area contributed by atoms with Gasteiger partial charge in [-0.25, -0.2) is 4.39 Å². The number of hydrogen-bond donors (Lipinski definition) is 1. The summed E-state index contributed by atoms with van der Waals surface area (Å²) in [5, 5.41) is 0. The van der Waals surface area contributed by atoms with Crippen LogP contribution in [0, 0.1) is 0 Å². The number of nitrogens with two attached hydrogens (primary N) is 1. The Labute approximate surface area is 71.2 Å². The van der Waals surface area contributed by atoms with Crippen LogP contribution in [0.1, 0.15) is 13.3 Å². The van der Waals surface area contributed by atoms with Gasteiger partial charge in [-0.2, -0.15) is 11.8 Å². The van der Waals surface area contributed by atoms with Crippen LogP contribution in [0.2, 0.25) is 0 Å². The molecular weight excluding hydrogens is 161 g/mol. The fourth-order valence-electron chi connectivity index (χ4n) is 1.13. The summed E-state index contributed by atoms with van der Waals surface area (Å²) in [6.45, 7) is 1.66. The Morgan fingerprint density at radius 3 is 3.00 bits per heavy atom. The lowest BCUT2D eigenvalue weighted by atomic mass is 9.95. The summed E-state index contributed by atoms with van der Waals surface area (Å²) in [4.78, 5) is 0. The van der Waals surface area contributed by atoms with E-state index in [4.69, 9.17) is 5.73 Å². The number of halogens is 1. The molecule has 0 bridgehead atoms. The summed E-state index contributed by atoms with van der Waals surface area (Å²) in [5.74, 6) is 1.97. The molecule has 1 heterocycles. The predicted molar refractivity (Wildman–Crippen MR) is 48.6 cm³/mol. The van der Waals surface area contributed by atoms with Gasteiger partial charge in [0.25, 0.3) is 0 Å². The van der Waals surface area contributed by atoms with E-state index in [9.17, 15) is 4.39 Å². The molecule has 0 aromatic carbocycles. The highest BCUT2D eigenvalue weighted by Gasteiger charge is 2.26. The fraction of sp³-hybridized carbons (Fsp3) is 0.750. The third-order valence-corrected chi connectivity index (χ3v) is 2.91. The van der Waals surface area contributed by atoms with Gasteiger partial charge in [-0.3, -0.25) is 0 Å². The highest BCUT2D eigenvalue weighted by molar-refractivity contribution is 7.99. The van der Waals surface area contributed by atoms with E-state index in [1.807, 2.05) is 17.8 Å². The molecule has 64 valence electrons. The van der Waals surface area contributed by atoms with Gasteiger partial charge in [0.1, 0.15) is 5.67 Å². The summed E-state index contributed by atoms with van der Waals surface area (Å²) >= 11 is 1.84. The predicted octanol–water partition coefficient (Wildman–Crippen LogP) is 1.74. The van der Waals surface area contributed by atoms with E-state index < -0.39 is 5.67 Å². The summed E-state index contributed by atoms with van der Waals surface area (Å²) in [6, 6.07) is 0. The van der Waals surface area contributed by atoms with Crippen molar-refractivity contribution in [2.45, 2.75) is 19.0 Å². The van der Waals surface area contributed by atoms with Crippen molar-refractivity contribution in [2.75, 3.05) is 18.1 Å². The van der Waals surface area contributed by atoms with Crippen molar-refractivity contribution in [3.8, 4) is 0 Å². The monoisotopic (exact) mass is 175 g/mol. The van der Waals surface area contributed by atoms with Crippen LogP contribution in [-0.2, 0) is 0 Å². The van der Waals surface area contributed by atoms with Crippen molar-refractivity contribution >= 4 is 11.8 Å². The molecule has 0 fully saturated rings. The first kappa shape index (κ1) is 9.07. The number of thioether (sulfide) groups is 1. The van der Waals surface area contributed by atoms with E-state index in [2.05, 4.69) is 0 Å². The lowest BCUT2D eigenvalue weighted by molar-refractivity contribution is 0.244. The van der Waals surface area contributed by atoms with Crippen molar-refractivity contribution in [3.63, 3.8) is 0 Å². The molecule has 1 nitrogen and oxygen atoms in total. The van der Waals surface area contributed by atoms with Crippen molar-refractivity contribution in [3.05, 3.63) is 11.6 Å². The van der Waals surface area contributed by atoms with Crippen LogP contribution in [0.3, 0.4) is 0 Å². The molecule has 11 heavy (non-hydrogen) atoms. The lowest BCUT2D eigenvalue weighted by Gasteiger charge is -2.24. The standard InChI is InChI=1S/C8H14FNS/c1-8(9,6-10)7-2-4-11-5-3-7/h2H,3-6,10H2,1H3. The minimum absolute atomic E-state index is 0.101. The van der Waals surface area contributed by atoms with Crippen LogP contribution in [0.25, 0.3) is 0 Å².